The zero-order chi connectivity index (χ0) is 25.1. The van der Waals surface area contributed by atoms with Crippen molar-refractivity contribution in [3.63, 3.8) is 0 Å². The Morgan fingerprint density at radius 1 is 1.03 bits per heavy atom. The van der Waals surface area contributed by atoms with Gasteiger partial charge in [0.2, 0.25) is 11.8 Å². The van der Waals surface area contributed by atoms with E-state index in [1.165, 1.54) is 12.1 Å². The van der Waals surface area contributed by atoms with Gasteiger partial charge in [0.25, 0.3) is 0 Å². The van der Waals surface area contributed by atoms with Crippen molar-refractivity contribution in [1.82, 2.24) is 20.2 Å². The summed E-state index contributed by atoms with van der Waals surface area (Å²) in [6, 6.07) is 13.9. The highest BCUT2D eigenvalue weighted by atomic mass is 32.1. The number of thiazole rings is 1. The SMILES string of the molecule is COC[C@H](C)Oc1cc(Oc2ccc(-c3nnc(C)o3)cc2F)cc(-c2ccc(-c3nccs3)[nH]2)c1. The standard InChI is InChI=1S/C26H23FN4O4S/c1-15(14-32-3)33-19-10-18(22-5-6-23(29-22)26-28-8-9-36-26)11-20(13-19)35-24-7-4-17(12-21(24)27)25-31-30-16(2)34-25/h4-13,15,29H,14H2,1-3H3/t15-/m0/s1. The lowest BCUT2D eigenvalue weighted by Crippen LogP contribution is -2.17. The van der Waals surface area contributed by atoms with Gasteiger partial charge in [-0.1, -0.05) is 0 Å². The quantitative estimate of drug-likeness (QED) is 0.243. The smallest absolute Gasteiger partial charge is 0.247 e. The number of aromatic nitrogens is 4. The highest BCUT2D eigenvalue weighted by Gasteiger charge is 2.15. The summed E-state index contributed by atoms with van der Waals surface area (Å²) in [7, 11) is 1.62. The van der Waals surface area contributed by atoms with E-state index < -0.39 is 5.82 Å². The molecule has 0 radical (unpaired) electrons. The van der Waals surface area contributed by atoms with Gasteiger partial charge in [0, 0.05) is 48.5 Å². The Morgan fingerprint density at radius 3 is 2.58 bits per heavy atom. The minimum absolute atomic E-state index is 0.0537. The molecule has 5 aromatic rings. The first kappa shape index (κ1) is 23.7. The number of benzene rings is 2. The number of aromatic amines is 1. The Morgan fingerprint density at radius 2 is 1.86 bits per heavy atom. The fourth-order valence-electron chi connectivity index (χ4n) is 3.66. The normalized spacial score (nSPS) is 12.0. The lowest BCUT2D eigenvalue weighted by Gasteiger charge is -2.16. The van der Waals surface area contributed by atoms with Crippen molar-refractivity contribution in [2.75, 3.05) is 13.7 Å². The van der Waals surface area contributed by atoms with Crippen molar-refractivity contribution in [3.05, 3.63) is 71.8 Å². The van der Waals surface area contributed by atoms with E-state index in [2.05, 4.69) is 20.2 Å². The molecule has 36 heavy (non-hydrogen) atoms. The Kier molecular flexibility index (Phi) is 6.79. The number of aryl methyl sites for hydroxylation is 1. The number of rotatable bonds is 9. The number of H-pyrrole nitrogens is 1. The number of hydrogen-bond acceptors (Lipinski definition) is 8. The third-order valence-electron chi connectivity index (χ3n) is 5.21. The van der Waals surface area contributed by atoms with Crippen molar-refractivity contribution < 1.29 is 23.0 Å². The summed E-state index contributed by atoms with van der Waals surface area (Å²) in [5, 5.41) is 10.5. The van der Waals surface area contributed by atoms with E-state index in [9.17, 15) is 4.39 Å². The minimum atomic E-state index is -0.560. The van der Waals surface area contributed by atoms with E-state index in [1.807, 2.05) is 36.6 Å². The number of halogens is 1. The molecule has 0 amide bonds. The molecule has 5 rings (SSSR count). The van der Waals surface area contributed by atoms with Crippen LogP contribution < -0.4 is 9.47 Å². The molecule has 0 spiro atoms. The Balaban J connectivity index is 1.46. The van der Waals surface area contributed by atoms with Crippen LogP contribution >= 0.6 is 11.3 Å². The molecule has 0 bridgehead atoms. The second-order valence-corrected chi connectivity index (χ2v) is 8.97. The van der Waals surface area contributed by atoms with Crippen LogP contribution in [0.2, 0.25) is 0 Å². The molecule has 0 aliphatic heterocycles. The molecule has 0 saturated carbocycles. The van der Waals surface area contributed by atoms with Gasteiger partial charge in [0.05, 0.1) is 12.3 Å². The Hall–Kier alpha value is -4.02. The molecule has 0 saturated heterocycles. The van der Waals surface area contributed by atoms with Crippen LogP contribution in [0.3, 0.4) is 0 Å². The van der Waals surface area contributed by atoms with Gasteiger partial charge < -0.3 is 23.6 Å². The lowest BCUT2D eigenvalue weighted by atomic mass is 10.1. The zero-order valence-corrected chi connectivity index (χ0v) is 20.6. The van der Waals surface area contributed by atoms with Gasteiger partial charge in [-0.05, 0) is 49.4 Å². The third kappa shape index (κ3) is 5.29. The average Bonchev–Trinajstić information content (AvgIpc) is 3.62. The van der Waals surface area contributed by atoms with Crippen molar-refractivity contribution in [3.8, 4) is 50.7 Å². The van der Waals surface area contributed by atoms with Crippen molar-refractivity contribution >= 4 is 11.3 Å². The zero-order valence-electron chi connectivity index (χ0n) is 19.8. The molecule has 10 heteroatoms. The van der Waals surface area contributed by atoms with Gasteiger partial charge in [-0.3, -0.25) is 0 Å². The lowest BCUT2D eigenvalue weighted by molar-refractivity contribution is 0.0920. The second-order valence-electron chi connectivity index (χ2n) is 8.07. The van der Waals surface area contributed by atoms with Gasteiger partial charge in [-0.25, -0.2) is 9.37 Å². The molecular weight excluding hydrogens is 483 g/mol. The Bertz CT molecular complexity index is 1460. The fraction of sp³-hybridized carbons (Fsp3) is 0.192. The largest absolute Gasteiger partial charge is 0.488 e. The molecule has 0 unspecified atom stereocenters. The summed E-state index contributed by atoms with van der Waals surface area (Å²) in [6.45, 7) is 4.00. The van der Waals surface area contributed by atoms with Gasteiger partial charge in [-0.15, -0.1) is 21.5 Å². The van der Waals surface area contributed by atoms with Crippen LogP contribution in [0.15, 0.2) is 64.5 Å². The number of methoxy groups -OCH3 is 1. The van der Waals surface area contributed by atoms with Crippen LogP contribution in [-0.4, -0.2) is 40.0 Å². The number of ether oxygens (including phenoxy) is 3. The maximum Gasteiger partial charge on any atom is 0.247 e. The number of hydrogen-bond donors (Lipinski definition) is 1. The van der Waals surface area contributed by atoms with E-state index in [0.717, 1.165) is 22.0 Å². The summed E-state index contributed by atoms with van der Waals surface area (Å²) in [6.07, 6.45) is 1.57. The first-order chi connectivity index (χ1) is 17.5. The van der Waals surface area contributed by atoms with Gasteiger partial charge >= 0.3 is 0 Å². The van der Waals surface area contributed by atoms with Crippen LogP contribution in [0.1, 0.15) is 12.8 Å². The van der Waals surface area contributed by atoms with Gasteiger partial charge in [0.15, 0.2) is 11.6 Å². The maximum atomic E-state index is 14.9. The highest BCUT2D eigenvalue weighted by Crippen LogP contribution is 2.35. The second kappa shape index (κ2) is 10.3. The predicted molar refractivity (Wildman–Crippen MR) is 134 cm³/mol. The highest BCUT2D eigenvalue weighted by molar-refractivity contribution is 7.13. The van der Waals surface area contributed by atoms with Crippen LogP contribution in [-0.2, 0) is 4.74 Å². The van der Waals surface area contributed by atoms with Crippen LogP contribution in [0.25, 0.3) is 33.4 Å². The summed E-state index contributed by atoms with van der Waals surface area (Å²) >= 11 is 1.55. The van der Waals surface area contributed by atoms with Crippen LogP contribution in [0.5, 0.6) is 17.2 Å². The minimum Gasteiger partial charge on any atom is -0.488 e. The molecule has 2 aromatic carbocycles. The summed E-state index contributed by atoms with van der Waals surface area (Å²) in [5.41, 5.74) is 3.03. The molecule has 184 valence electrons. The van der Waals surface area contributed by atoms with E-state index in [0.29, 0.717) is 29.6 Å². The molecule has 3 aromatic heterocycles. The van der Waals surface area contributed by atoms with Gasteiger partial charge in [0.1, 0.15) is 22.6 Å². The van der Waals surface area contributed by atoms with Gasteiger partial charge in [-0.2, -0.15) is 0 Å². The molecule has 1 N–H and O–H groups in total. The van der Waals surface area contributed by atoms with Crippen LogP contribution in [0, 0.1) is 12.7 Å². The molecule has 1 atom stereocenters. The maximum absolute atomic E-state index is 14.9. The average molecular weight is 507 g/mol. The van der Waals surface area contributed by atoms with Crippen molar-refractivity contribution in [1.29, 1.82) is 0 Å². The predicted octanol–water partition coefficient (Wildman–Crippen LogP) is 6.51. The van der Waals surface area contributed by atoms with E-state index in [4.69, 9.17) is 18.6 Å². The monoisotopic (exact) mass is 506 g/mol. The van der Waals surface area contributed by atoms with E-state index in [-0.39, 0.29) is 17.7 Å². The molecule has 0 fully saturated rings. The van der Waals surface area contributed by atoms with Crippen molar-refractivity contribution in [2.24, 2.45) is 0 Å². The first-order valence-corrected chi connectivity index (χ1v) is 12.0. The fourth-order valence-corrected chi connectivity index (χ4v) is 4.28. The molecule has 0 aliphatic carbocycles. The van der Waals surface area contributed by atoms with E-state index >= 15 is 0 Å². The first-order valence-electron chi connectivity index (χ1n) is 11.2. The molecule has 8 nitrogen and oxygen atoms in total. The van der Waals surface area contributed by atoms with E-state index in [1.54, 1.807) is 43.7 Å². The molecule has 0 aliphatic rings. The van der Waals surface area contributed by atoms with Crippen molar-refractivity contribution in [2.45, 2.75) is 20.0 Å². The Labute approximate surface area is 210 Å². The summed E-state index contributed by atoms with van der Waals surface area (Å²) in [4.78, 5) is 7.73. The number of nitrogens with one attached hydrogen (secondary N) is 1. The number of nitrogens with zero attached hydrogens (tertiary/aromatic N) is 3. The van der Waals surface area contributed by atoms with Crippen LogP contribution in [0.4, 0.5) is 4.39 Å². The summed E-state index contributed by atoms with van der Waals surface area (Å²) < 4.78 is 37.5. The molecular formula is C26H23FN4O4S. The topological polar surface area (TPSA) is 95.3 Å². The molecule has 3 heterocycles. The summed E-state index contributed by atoms with van der Waals surface area (Å²) in [5.74, 6) is 1.12. The third-order valence-corrected chi connectivity index (χ3v) is 6.02.